The van der Waals surface area contributed by atoms with Gasteiger partial charge in [-0.15, -0.1) is 0 Å². The van der Waals surface area contributed by atoms with Crippen LogP contribution in [0.3, 0.4) is 0 Å². The number of nitrogens with zero attached hydrogens (tertiary/aromatic N) is 2. The van der Waals surface area contributed by atoms with Crippen LogP contribution in [0.4, 0.5) is 0 Å². The first kappa shape index (κ1) is 12.9. The highest BCUT2D eigenvalue weighted by atomic mass is 16.5. The van der Waals surface area contributed by atoms with E-state index in [9.17, 15) is 4.79 Å². The third kappa shape index (κ3) is 2.90. The lowest BCUT2D eigenvalue weighted by atomic mass is 9.89. The molecule has 5 heteroatoms. The molecular formula is C14H21N3O2. The van der Waals surface area contributed by atoms with Crippen LogP contribution in [-0.4, -0.2) is 48.7 Å². The van der Waals surface area contributed by atoms with Gasteiger partial charge in [0.15, 0.2) is 6.10 Å². The lowest BCUT2D eigenvalue weighted by Gasteiger charge is -2.33. The highest BCUT2D eigenvalue weighted by molar-refractivity contribution is 5.76. The van der Waals surface area contributed by atoms with E-state index in [0.29, 0.717) is 44.1 Å². The maximum absolute atomic E-state index is 12.3. The number of hydrogen-bond donors (Lipinski definition) is 1. The van der Waals surface area contributed by atoms with Crippen LogP contribution in [0.15, 0.2) is 0 Å². The number of carbonyl (C=O) groups is 1. The molecule has 0 aromatic carbocycles. The molecule has 0 aromatic heterocycles. The van der Waals surface area contributed by atoms with Crippen molar-refractivity contribution in [2.75, 3.05) is 19.7 Å². The SMILES string of the molecule is N#CC1CN(C(=O)CC2CC3CCC(C2)N3)CCO1. The lowest BCUT2D eigenvalue weighted by molar-refractivity contribution is -0.138. The van der Waals surface area contributed by atoms with Gasteiger partial charge in [0.05, 0.1) is 19.2 Å². The molecule has 3 rings (SSSR count). The Morgan fingerprint density at radius 3 is 2.79 bits per heavy atom. The second-order valence-corrected chi connectivity index (χ2v) is 6.01. The number of piperidine rings is 1. The van der Waals surface area contributed by atoms with Gasteiger partial charge >= 0.3 is 0 Å². The maximum atomic E-state index is 12.3. The average Bonchev–Trinajstić information content (AvgIpc) is 2.78. The number of ether oxygens (including phenoxy) is 1. The third-order valence-corrected chi connectivity index (χ3v) is 4.60. The van der Waals surface area contributed by atoms with Crippen molar-refractivity contribution in [3.05, 3.63) is 0 Å². The molecule has 5 nitrogen and oxygen atoms in total. The zero-order chi connectivity index (χ0) is 13.2. The standard InChI is InChI=1S/C14H21N3O2/c15-8-13-9-17(3-4-19-13)14(18)7-10-5-11-1-2-12(6-10)16-11/h10-13,16H,1-7,9H2. The van der Waals surface area contributed by atoms with E-state index < -0.39 is 6.10 Å². The minimum absolute atomic E-state index is 0.204. The molecule has 0 spiro atoms. The molecule has 0 radical (unpaired) electrons. The van der Waals surface area contributed by atoms with Crippen molar-refractivity contribution >= 4 is 5.91 Å². The molecule has 3 unspecified atom stereocenters. The summed E-state index contributed by atoms with van der Waals surface area (Å²) in [5.74, 6) is 0.726. The molecule has 3 atom stereocenters. The second-order valence-electron chi connectivity index (χ2n) is 6.01. The summed E-state index contributed by atoms with van der Waals surface area (Å²) in [6.45, 7) is 1.56. The van der Waals surface area contributed by atoms with E-state index in [1.165, 1.54) is 12.8 Å². The van der Waals surface area contributed by atoms with Gasteiger partial charge in [-0.2, -0.15) is 5.26 Å². The Bertz CT molecular complexity index is 381. The summed E-state index contributed by atoms with van der Waals surface area (Å²) in [5.41, 5.74) is 0. The predicted octanol–water partition coefficient (Wildman–Crippen LogP) is 0.658. The fourth-order valence-corrected chi connectivity index (χ4v) is 3.67. The molecule has 104 valence electrons. The lowest BCUT2D eigenvalue weighted by Crippen LogP contribution is -2.46. The summed E-state index contributed by atoms with van der Waals surface area (Å²) in [4.78, 5) is 14.1. The highest BCUT2D eigenvalue weighted by Gasteiger charge is 2.35. The molecular weight excluding hydrogens is 242 g/mol. The van der Waals surface area contributed by atoms with Crippen LogP contribution in [0.25, 0.3) is 0 Å². The van der Waals surface area contributed by atoms with E-state index >= 15 is 0 Å². The van der Waals surface area contributed by atoms with Gasteiger partial charge in [0.1, 0.15) is 0 Å². The van der Waals surface area contributed by atoms with Crippen LogP contribution in [0.1, 0.15) is 32.1 Å². The number of amides is 1. The summed E-state index contributed by atoms with van der Waals surface area (Å²) in [5, 5.41) is 12.5. The van der Waals surface area contributed by atoms with Crippen molar-refractivity contribution < 1.29 is 9.53 Å². The summed E-state index contributed by atoms with van der Waals surface area (Å²) < 4.78 is 5.28. The molecule has 0 saturated carbocycles. The first-order valence-corrected chi connectivity index (χ1v) is 7.29. The molecule has 1 amide bonds. The number of rotatable bonds is 2. The van der Waals surface area contributed by atoms with Gasteiger partial charge in [-0.1, -0.05) is 0 Å². The molecule has 3 aliphatic heterocycles. The van der Waals surface area contributed by atoms with E-state index in [1.807, 2.05) is 0 Å². The number of carbonyl (C=O) groups excluding carboxylic acids is 1. The molecule has 0 aromatic rings. The van der Waals surface area contributed by atoms with Gasteiger partial charge in [-0.25, -0.2) is 0 Å². The molecule has 1 N–H and O–H groups in total. The Hall–Kier alpha value is -1.12. The number of nitrogens with one attached hydrogen (secondary N) is 1. The van der Waals surface area contributed by atoms with Crippen LogP contribution >= 0.6 is 0 Å². The van der Waals surface area contributed by atoms with Gasteiger partial charge in [-0.05, 0) is 31.6 Å². The largest absolute Gasteiger partial charge is 0.360 e. The van der Waals surface area contributed by atoms with Crippen LogP contribution in [0, 0.1) is 17.2 Å². The van der Waals surface area contributed by atoms with E-state index in [2.05, 4.69) is 11.4 Å². The quantitative estimate of drug-likeness (QED) is 0.795. The Morgan fingerprint density at radius 2 is 2.11 bits per heavy atom. The van der Waals surface area contributed by atoms with Crippen LogP contribution in [0.2, 0.25) is 0 Å². The number of nitriles is 1. The Kier molecular flexibility index (Phi) is 3.72. The van der Waals surface area contributed by atoms with E-state index in [4.69, 9.17) is 10.00 Å². The molecule has 0 aliphatic carbocycles. The number of fused-ring (bicyclic) bond motifs is 2. The number of hydrogen-bond acceptors (Lipinski definition) is 4. The summed E-state index contributed by atoms with van der Waals surface area (Å²) in [7, 11) is 0. The highest BCUT2D eigenvalue weighted by Crippen LogP contribution is 2.33. The van der Waals surface area contributed by atoms with Gasteiger partial charge in [0, 0.05) is 25.0 Å². The minimum Gasteiger partial charge on any atom is -0.360 e. The topological polar surface area (TPSA) is 65.4 Å². The predicted molar refractivity (Wildman–Crippen MR) is 69.2 cm³/mol. The molecule has 3 heterocycles. The number of morpholine rings is 1. The van der Waals surface area contributed by atoms with Gasteiger partial charge in [0.25, 0.3) is 0 Å². The summed E-state index contributed by atoms with van der Waals surface area (Å²) in [6, 6.07) is 3.36. The van der Waals surface area contributed by atoms with Crippen LogP contribution in [-0.2, 0) is 9.53 Å². The monoisotopic (exact) mass is 263 g/mol. The van der Waals surface area contributed by atoms with Crippen LogP contribution in [0.5, 0.6) is 0 Å². The summed E-state index contributed by atoms with van der Waals surface area (Å²) in [6.07, 6.45) is 5.00. The minimum atomic E-state index is -0.443. The fourth-order valence-electron chi connectivity index (χ4n) is 3.67. The van der Waals surface area contributed by atoms with Crippen molar-refractivity contribution in [1.82, 2.24) is 10.2 Å². The van der Waals surface area contributed by atoms with E-state index in [-0.39, 0.29) is 5.91 Å². The first-order chi connectivity index (χ1) is 9.24. The van der Waals surface area contributed by atoms with Gasteiger partial charge < -0.3 is 15.0 Å². The first-order valence-electron chi connectivity index (χ1n) is 7.29. The van der Waals surface area contributed by atoms with Crippen LogP contribution < -0.4 is 5.32 Å². The normalized spacial score (nSPS) is 37.9. The zero-order valence-corrected chi connectivity index (χ0v) is 11.2. The fraction of sp³-hybridized carbons (Fsp3) is 0.857. The Morgan fingerprint density at radius 1 is 1.37 bits per heavy atom. The summed E-state index contributed by atoms with van der Waals surface area (Å²) >= 11 is 0. The second kappa shape index (κ2) is 5.48. The maximum Gasteiger partial charge on any atom is 0.223 e. The average molecular weight is 263 g/mol. The van der Waals surface area contributed by atoms with Crippen molar-refractivity contribution in [2.24, 2.45) is 5.92 Å². The smallest absolute Gasteiger partial charge is 0.223 e. The molecule has 3 fully saturated rings. The van der Waals surface area contributed by atoms with Crippen molar-refractivity contribution in [3.8, 4) is 6.07 Å². The zero-order valence-electron chi connectivity index (χ0n) is 11.2. The van der Waals surface area contributed by atoms with E-state index in [1.54, 1.807) is 4.90 Å². The van der Waals surface area contributed by atoms with Crippen molar-refractivity contribution in [1.29, 1.82) is 5.26 Å². The van der Waals surface area contributed by atoms with Gasteiger partial charge in [0.2, 0.25) is 5.91 Å². The van der Waals surface area contributed by atoms with E-state index in [0.717, 1.165) is 12.8 Å². The third-order valence-electron chi connectivity index (χ3n) is 4.60. The van der Waals surface area contributed by atoms with Crippen molar-refractivity contribution in [3.63, 3.8) is 0 Å². The van der Waals surface area contributed by atoms with Crippen molar-refractivity contribution in [2.45, 2.75) is 50.3 Å². The van der Waals surface area contributed by atoms with Gasteiger partial charge in [-0.3, -0.25) is 4.79 Å². The Labute approximate surface area is 113 Å². The molecule has 3 saturated heterocycles. The molecule has 3 aliphatic rings. The molecule has 2 bridgehead atoms. The molecule has 19 heavy (non-hydrogen) atoms. The Balaban J connectivity index is 1.52.